The first-order chi connectivity index (χ1) is 8.50. The molecule has 1 heterocycles. The van der Waals surface area contributed by atoms with Gasteiger partial charge in [-0.1, -0.05) is 0 Å². The van der Waals surface area contributed by atoms with Crippen molar-refractivity contribution < 1.29 is 18.0 Å². The Morgan fingerprint density at radius 3 is 2.39 bits per heavy atom. The highest BCUT2D eigenvalue weighted by Crippen LogP contribution is 2.32. The maximum Gasteiger partial charge on any atom is 0.416 e. The van der Waals surface area contributed by atoms with Crippen LogP contribution in [0.3, 0.4) is 0 Å². The van der Waals surface area contributed by atoms with Crippen molar-refractivity contribution in [1.29, 1.82) is 0 Å². The number of benzene rings is 1. The minimum absolute atomic E-state index is 0.0540. The molecule has 18 heavy (non-hydrogen) atoms. The zero-order chi connectivity index (χ0) is 13.2. The van der Waals surface area contributed by atoms with Gasteiger partial charge in [0.2, 0.25) is 0 Å². The Labute approximate surface area is 103 Å². The van der Waals surface area contributed by atoms with E-state index in [4.69, 9.17) is 0 Å². The summed E-state index contributed by atoms with van der Waals surface area (Å²) in [5.41, 5.74) is -0.271. The summed E-state index contributed by atoms with van der Waals surface area (Å²) in [6.45, 7) is 2.73. The summed E-state index contributed by atoms with van der Waals surface area (Å²) in [6.07, 6.45) is -3.98. The molecule has 1 aromatic rings. The van der Waals surface area contributed by atoms with Gasteiger partial charge in [-0.05, 0) is 18.2 Å². The molecular formula is C12H13F3N2O. The standard InChI is InChI=1S/C12H13F3N2O/c13-12(14,15)10-5-9(8-18)6-11(7-10)17-3-1-16-2-4-17/h5-8,16H,1-4H2. The van der Waals surface area contributed by atoms with Crippen LogP contribution in [0.2, 0.25) is 0 Å². The minimum Gasteiger partial charge on any atom is -0.369 e. The molecule has 0 saturated carbocycles. The zero-order valence-electron chi connectivity index (χ0n) is 9.63. The average molecular weight is 258 g/mol. The maximum atomic E-state index is 12.7. The van der Waals surface area contributed by atoms with Crippen molar-refractivity contribution in [2.75, 3.05) is 31.1 Å². The van der Waals surface area contributed by atoms with Gasteiger partial charge in [0.05, 0.1) is 5.56 Å². The summed E-state index contributed by atoms with van der Waals surface area (Å²) in [5, 5.41) is 3.12. The highest BCUT2D eigenvalue weighted by molar-refractivity contribution is 5.78. The molecule has 0 amide bonds. The lowest BCUT2D eigenvalue weighted by atomic mass is 10.1. The Kier molecular flexibility index (Phi) is 3.56. The third-order valence-electron chi connectivity index (χ3n) is 2.89. The van der Waals surface area contributed by atoms with Crippen LogP contribution in [0.25, 0.3) is 0 Å². The largest absolute Gasteiger partial charge is 0.416 e. The van der Waals surface area contributed by atoms with E-state index >= 15 is 0 Å². The molecule has 1 N–H and O–H groups in total. The van der Waals surface area contributed by atoms with Crippen molar-refractivity contribution in [3.8, 4) is 0 Å². The van der Waals surface area contributed by atoms with E-state index in [1.165, 1.54) is 6.07 Å². The number of hydrogen-bond acceptors (Lipinski definition) is 3. The molecule has 1 aliphatic heterocycles. The number of hydrogen-bond donors (Lipinski definition) is 1. The van der Waals surface area contributed by atoms with Gasteiger partial charge in [0.15, 0.2) is 0 Å². The number of halogens is 3. The molecule has 6 heteroatoms. The lowest BCUT2D eigenvalue weighted by Gasteiger charge is -2.30. The molecule has 0 aromatic heterocycles. The first-order valence-corrected chi connectivity index (χ1v) is 5.64. The Bertz CT molecular complexity index is 439. The summed E-state index contributed by atoms with van der Waals surface area (Å²) in [6, 6.07) is 3.46. The number of piperazine rings is 1. The molecule has 0 spiro atoms. The summed E-state index contributed by atoms with van der Waals surface area (Å²) in [4.78, 5) is 12.6. The fourth-order valence-electron chi connectivity index (χ4n) is 1.97. The SMILES string of the molecule is O=Cc1cc(N2CCNCC2)cc(C(F)(F)F)c1. The highest BCUT2D eigenvalue weighted by atomic mass is 19.4. The molecule has 0 aliphatic carbocycles. The quantitative estimate of drug-likeness (QED) is 0.823. The molecular weight excluding hydrogens is 245 g/mol. The second kappa shape index (κ2) is 4.97. The van der Waals surface area contributed by atoms with Gasteiger partial charge in [0.25, 0.3) is 0 Å². The smallest absolute Gasteiger partial charge is 0.369 e. The van der Waals surface area contributed by atoms with E-state index in [-0.39, 0.29) is 5.56 Å². The van der Waals surface area contributed by atoms with Crippen LogP contribution in [0, 0.1) is 0 Å². The number of nitrogens with one attached hydrogen (secondary N) is 1. The van der Waals surface area contributed by atoms with Gasteiger partial charge >= 0.3 is 6.18 Å². The maximum absolute atomic E-state index is 12.7. The summed E-state index contributed by atoms with van der Waals surface area (Å²) >= 11 is 0. The molecule has 1 saturated heterocycles. The van der Waals surface area contributed by atoms with E-state index in [9.17, 15) is 18.0 Å². The monoisotopic (exact) mass is 258 g/mol. The lowest BCUT2D eigenvalue weighted by Crippen LogP contribution is -2.43. The van der Waals surface area contributed by atoms with Crippen LogP contribution in [-0.2, 0) is 6.18 Å². The average Bonchev–Trinajstić information content (AvgIpc) is 2.38. The van der Waals surface area contributed by atoms with E-state index in [0.29, 0.717) is 25.1 Å². The van der Waals surface area contributed by atoms with E-state index in [0.717, 1.165) is 25.2 Å². The van der Waals surface area contributed by atoms with E-state index in [1.54, 1.807) is 0 Å². The van der Waals surface area contributed by atoms with Crippen LogP contribution in [0.5, 0.6) is 0 Å². The van der Waals surface area contributed by atoms with Crippen molar-refractivity contribution in [1.82, 2.24) is 5.32 Å². The van der Waals surface area contributed by atoms with Crippen molar-refractivity contribution in [2.45, 2.75) is 6.18 Å². The molecule has 1 aliphatic rings. The van der Waals surface area contributed by atoms with Crippen LogP contribution >= 0.6 is 0 Å². The van der Waals surface area contributed by atoms with Gasteiger partial charge < -0.3 is 10.2 Å². The number of aldehydes is 1. The minimum atomic E-state index is -4.43. The number of carbonyl (C=O) groups is 1. The topological polar surface area (TPSA) is 32.3 Å². The fraction of sp³-hybridized carbons (Fsp3) is 0.417. The number of anilines is 1. The number of nitrogens with zero attached hydrogens (tertiary/aromatic N) is 1. The van der Waals surface area contributed by atoms with Gasteiger partial charge in [-0.3, -0.25) is 4.79 Å². The zero-order valence-corrected chi connectivity index (χ0v) is 9.63. The van der Waals surface area contributed by atoms with Gasteiger partial charge in [-0.15, -0.1) is 0 Å². The normalized spacial score (nSPS) is 16.7. The van der Waals surface area contributed by atoms with Crippen molar-refractivity contribution in [3.63, 3.8) is 0 Å². The first kappa shape index (κ1) is 12.9. The second-order valence-corrected chi connectivity index (χ2v) is 4.17. The van der Waals surface area contributed by atoms with Crippen LogP contribution in [0.15, 0.2) is 18.2 Å². The Morgan fingerprint density at radius 1 is 1.17 bits per heavy atom. The van der Waals surface area contributed by atoms with Crippen LogP contribution < -0.4 is 10.2 Å². The third-order valence-corrected chi connectivity index (χ3v) is 2.89. The summed E-state index contributed by atoms with van der Waals surface area (Å²) in [5.74, 6) is 0. The molecule has 0 bridgehead atoms. The summed E-state index contributed by atoms with van der Waals surface area (Å²) < 4.78 is 38.1. The fourth-order valence-corrected chi connectivity index (χ4v) is 1.97. The van der Waals surface area contributed by atoms with Crippen molar-refractivity contribution in [3.05, 3.63) is 29.3 Å². The molecule has 1 fully saturated rings. The Morgan fingerprint density at radius 2 is 1.83 bits per heavy atom. The first-order valence-electron chi connectivity index (χ1n) is 5.64. The molecule has 2 rings (SSSR count). The molecule has 0 unspecified atom stereocenters. The molecule has 0 radical (unpaired) electrons. The van der Waals surface area contributed by atoms with Gasteiger partial charge in [0, 0.05) is 37.4 Å². The Hall–Kier alpha value is -1.56. The van der Waals surface area contributed by atoms with E-state index in [1.807, 2.05) is 4.90 Å². The van der Waals surface area contributed by atoms with E-state index < -0.39 is 11.7 Å². The highest BCUT2D eigenvalue weighted by Gasteiger charge is 2.31. The third kappa shape index (κ3) is 2.81. The van der Waals surface area contributed by atoms with Gasteiger partial charge in [-0.25, -0.2) is 0 Å². The predicted octanol–water partition coefficient (Wildman–Crippen LogP) is 1.93. The van der Waals surface area contributed by atoms with Crippen LogP contribution in [0.1, 0.15) is 15.9 Å². The second-order valence-electron chi connectivity index (χ2n) is 4.17. The molecule has 0 atom stereocenters. The van der Waals surface area contributed by atoms with Gasteiger partial charge in [-0.2, -0.15) is 13.2 Å². The van der Waals surface area contributed by atoms with Crippen LogP contribution in [0.4, 0.5) is 18.9 Å². The number of alkyl halides is 3. The Balaban J connectivity index is 2.37. The lowest BCUT2D eigenvalue weighted by molar-refractivity contribution is -0.137. The predicted molar refractivity (Wildman–Crippen MR) is 61.9 cm³/mol. The molecule has 1 aromatic carbocycles. The van der Waals surface area contributed by atoms with Crippen molar-refractivity contribution >= 4 is 12.0 Å². The van der Waals surface area contributed by atoms with Crippen molar-refractivity contribution in [2.24, 2.45) is 0 Å². The van der Waals surface area contributed by atoms with E-state index in [2.05, 4.69) is 5.32 Å². The number of rotatable bonds is 2. The summed E-state index contributed by atoms with van der Waals surface area (Å²) in [7, 11) is 0. The molecule has 3 nitrogen and oxygen atoms in total. The molecule has 98 valence electrons. The van der Waals surface area contributed by atoms with Gasteiger partial charge in [0.1, 0.15) is 6.29 Å². The number of carbonyl (C=O) groups excluding carboxylic acids is 1. The van der Waals surface area contributed by atoms with Crippen LogP contribution in [-0.4, -0.2) is 32.5 Å².